The van der Waals surface area contributed by atoms with Gasteiger partial charge in [-0.15, -0.1) is 0 Å². The van der Waals surface area contributed by atoms with Crippen molar-refractivity contribution < 1.29 is 14.3 Å². The van der Waals surface area contributed by atoms with E-state index >= 15 is 0 Å². The highest BCUT2D eigenvalue weighted by atomic mass is 16.6. The van der Waals surface area contributed by atoms with Crippen LogP contribution in [0.5, 0.6) is 5.75 Å². The number of fused-ring (bicyclic) bond motifs is 2. The number of para-hydroxylation sites is 2. The fraction of sp³-hybridized carbons (Fsp3) is 0.310. The molecular weight excluding hydrogens is 438 g/mol. The molecule has 0 unspecified atom stereocenters. The van der Waals surface area contributed by atoms with E-state index < -0.39 is 0 Å². The maximum atomic E-state index is 11.7. The summed E-state index contributed by atoms with van der Waals surface area (Å²) in [4.78, 5) is 16.7. The maximum absolute atomic E-state index is 11.7. The molecule has 1 N–H and O–H groups in total. The summed E-state index contributed by atoms with van der Waals surface area (Å²) in [5, 5.41) is 3.55. The van der Waals surface area contributed by atoms with Crippen LogP contribution in [0.15, 0.2) is 60.7 Å². The summed E-state index contributed by atoms with van der Waals surface area (Å²) in [6.07, 6.45) is 2.46. The van der Waals surface area contributed by atoms with E-state index in [1.807, 2.05) is 18.2 Å². The molecule has 2 heterocycles. The third kappa shape index (κ3) is 4.03. The van der Waals surface area contributed by atoms with Gasteiger partial charge in [-0.25, -0.2) is 4.98 Å². The molecule has 1 aliphatic heterocycles. The molecule has 0 saturated heterocycles. The number of carbonyl (C=O) groups is 1. The largest absolute Gasteiger partial charge is 0.489 e. The minimum Gasteiger partial charge on any atom is -0.489 e. The molecule has 2 aliphatic rings. The van der Waals surface area contributed by atoms with Crippen LogP contribution < -0.4 is 10.1 Å². The van der Waals surface area contributed by atoms with E-state index in [0.29, 0.717) is 25.5 Å². The number of anilines is 1. The van der Waals surface area contributed by atoms with Crippen LogP contribution in [-0.4, -0.2) is 22.1 Å². The van der Waals surface area contributed by atoms with Crippen molar-refractivity contribution >= 4 is 22.7 Å². The second-order valence-corrected chi connectivity index (χ2v) is 9.38. The highest BCUT2D eigenvalue weighted by Gasteiger charge is 2.31. The van der Waals surface area contributed by atoms with Gasteiger partial charge in [0.15, 0.2) is 6.10 Å². The molecule has 0 spiro atoms. The molecule has 6 heteroatoms. The topological polar surface area (TPSA) is 65.4 Å². The van der Waals surface area contributed by atoms with E-state index in [1.54, 1.807) is 6.92 Å². The Balaban J connectivity index is 1.25. The normalized spacial score (nSPS) is 16.7. The molecule has 6 nitrogen and oxygen atoms in total. The van der Waals surface area contributed by atoms with Gasteiger partial charge in [0.2, 0.25) is 0 Å². The lowest BCUT2D eigenvalue weighted by Gasteiger charge is -2.16. The summed E-state index contributed by atoms with van der Waals surface area (Å²) in [6.45, 7) is 5.05. The van der Waals surface area contributed by atoms with Crippen LogP contribution in [-0.2, 0) is 16.1 Å². The number of imidazole rings is 1. The lowest BCUT2D eigenvalue weighted by molar-refractivity contribution is -0.149. The highest BCUT2D eigenvalue weighted by molar-refractivity contribution is 5.79. The highest BCUT2D eigenvalue weighted by Crippen LogP contribution is 2.42. The first-order valence-corrected chi connectivity index (χ1v) is 12.4. The zero-order valence-corrected chi connectivity index (χ0v) is 20.1. The van der Waals surface area contributed by atoms with Gasteiger partial charge in [0.05, 0.1) is 16.7 Å². The molecule has 0 amide bonds. The SMILES string of the molecule is CCC(=O)O[C@@H]1COc2cc(NCc3cccc(-n4c(C5CC5)nc5ccccc54)c3C)ccc21. The van der Waals surface area contributed by atoms with Gasteiger partial charge in [-0.05, 0) is 61.2 Å². The molecule has 3 aromatic carbocycles. The summed E-state index contributed by atoms with van der Waals surface area (Å²) in [5.74, 6) is 2.29. The standard InChI is InChI=1S/C29H29N3O3/c1-3-28(33)35-27-17-34-26-15-21(13-14-22(26)27)30-16-20-7-6-10-24(18(20)2)32-25-9-5-4-8-23(25)31-29(32)19-11-12-19/h4-10,13-15,19,27,30H,3,11-12,16-17H2,1-2H3/t27-/m1/s1. The third-order valence-corrected chi connectivity index (χ3v) is 6.98. The van der Waals surface area contributed by atoms with Crippen LogP contribution in [0.2, 0.25) is 0 Å². The fourth-order valence-corrected chi connectivity index (χ4v) is 4.84. The number of aromatic nitrogens is 2. The average Bonchev–Trinajstić information content (AvgIpc) is 3.55. The van der Waals surface area contributed by atoms with Crippen molar-refractivity contribution in [2.24, 2.45) is 0 Å². The minimum absolute atomic E-state index is 0.209. The van der Waals surface area contributed by atoms with Crippen molar-refractivity contribution in [2.45, 2.75) is 51.7 Å². The number of rotatable bonds is 7. The first kappa shape index (κ1) is 21.7. The first-order valence-electron chi connectivity index (χ1n) is 12.4. The number of nitrogens with one attached hydrogen (secondary N) is 1. The number of esters is 1. The second-order valence-electron chi connectivity index (χ2n) is 9.38. The zero-order valence-electron chi connectivity index (χ0n) is 20.1. The van der Waals surface area contributed by atoms with Gasteiger partial charge >= 0.3 is 5.97 Å². The van der Waals surface area contributed by atoms with Crippen LogP contribution in [0.3, 0.4) is 0 Å². The van der Waals surface area contributed by atoms with Crippen molar-refractivity contribution in [3.8, 4) is 11.4 Å². The number of nitrogens with zero attached hydrogens (tertiary/aromatic N) is 2. The van der Waals surface area contributed by atoms with E-state index in [-0.39, 0.29) is 12.1 Å². The molecule has 0 radical (unpaired) electrons. The van der Waals surface area contributed by atoms with Gasteiger partial charge in [-0.2, -0.15) is 0 Å². The third-order valence-electron chi connectivity index (χ3n) is 6.98. The maximum Gasteiger partial charge on any atom is 0.306 e. The average molecular weight is 468 g/mol. The summed E-state index contributed by atoms with van der Waals surface area (Å²) >= 11 is 0. The predicted octanol–water partition coefficient (Wildman–Crippen LogP) is 6.21. The van der Waals surface area contributed by atoms with Gasteiger partial charge in [0, 0.05) is 36.2 Å². The molecule has 1 aromatic heterocycles. The van der Waals surface area contributed by atoms with Crippen molar-refractivity contribution in [1.82, 2.24) is 9.55 Å². The number of carbonyl (C=O) groups excluding carboxylic acids is 1. The molecule has 178 valence electrons. The molecule has 6 rings (SSSR count). The van der Waals surface area contributed by atoms with Crippen LogP contribution in [0.25, 0.3) is 16.7 Å². The van der Waals surface area contributed by atoms with E-state index in [4.69, 9.17) is 14.5 Å². The van der Waals surface area contributed by atoms with E-state index in [9.17, 15) is 4.79 Å². The lowest BCUT2D eigenvalue weighted by atomic mass is 10.1. The van der Waals surface area contributed by atoms with E-state index in [0.717, 1.165) is 28.0 Å². The molecular formula is C29H29N3O3. The summed E-state index contributed by atoms with van der Waals surface area (Å²) in [6, 6.07) is 20.9. The van der Waals surface area contributed by atoms with Crippen LogP contribution in [0, 0.1) is 6.92 Å². The Morgan fingerprint density at radius 1 is 1.14 bits per heavy atom. The minimum atomic E-state index is -0.323. The fourth-order valence-electron chi connectivity index (χ4n) is 4.84. The molecule has 0 bridgehead atoms. The molecule has 4 aromatic rings. The monoisotopic (exact) mass is 467 g/mol. The van der Waals surface area contributed by atoms with Crippen molar-refractivity contribution in [3.63, 3.8) is 0 Å². The summed E-state index contributed by atoms with van der Waals surface area (Å²) in [5.41, 5.74) is 7.79. The first-order chi connectivity index (χ1) is 17.1. The summed E-state index contributed by atoms with van der Waals surface area (Å²) < 4.78 is 13.6. The number of benzene rings is 3. The molecule has 1 atom stereocenters. The molecule has 1 aliphatic carbocycles. The Labute approximate surface area is 204 Å². The summed E-state index contributed by atoms with van der Waals surface area (Å²) in [7, 11) is 0. The number of hydrogen-bond acceptors (Lipinski definition) is 5. The van der Waals surface area contributed by atoms with Crippen molar-refractivity contribution in [2.75, 3.05) is 11.9 Å². The predicted molar refractivity (Wildman–Crippen MR) is 136 cm³/mol. The van der Waals surface area contributed by atoms with Crippen LogP contribution >= 0.6 is 0 Å². The van der Waals surface area contributed by atoms with Gasteiger partial charge in [0.25, 0.3) is 0 Å². The molecule has 1 saturated carbocycles. The Bertz CT molecular complexity index is 1420. The van der Waals surface area contributed by atoms with E-state index in [1.165, 1.54) is 35.5 Å². The van der Waals surface area contributed by atoms with Crippen molar-refractivity contribution in [1.29, 1.82) is 0 Å². The number of hydrogen-bond donors (Lipinski definition) is 1. The van der Waals surface area contributed by atoms with Crippen LogP contribution in [0.4, 0.5) is 5.69 Å². The molecule has 1 fully saturated rings. The second kappa shape index (κ2) is 8.77. The van der Waals surface area contributed by atoms with Gasteiger partial charge in [-0.3, -0.25) is 9.36 Å². The Morgan fingerprint density at radius 3 is 2.83 bits per heavy atom. The molecule has 35 heavy (non-hydrogen) atoms. The van der Waals surface area contributed by atoms with Gasteiger partial charge in [-0.1, -0.05) is 31.2 Å². The van der Waals surface area contributed by atoms with E-state index in [2.05, 4.69) is 59.3 Å². The van der Waals surface area contributed by atoms with Gasteiger partial charge in [0.1, 0.15) is 18.2 Å². The quantitative estimate of drug-likeness (QED) is 0.327. The zero-order chi connectivity index (χ0) is 23.9. The Kier molecular flexibility index (Phi) is 5.44. The Morgan fingerprint density at radius 2 is 2.00 bits per heavy atom. The smallest absolute Gasteiger partial charge is 0.306 e. The van der Waals surface area contributed by atoms with Crippen molar-refractivity contribution in [3.05, 3.63) is 83.2 Å². The van der Waals surface area contributed by atoms with Crippen LogP contribution in [0.1, 0.15) is 60.7 Å². The Hall–Kier alpha value is -3.80. The number of ether oxygens (including phenoxy) is 2. The lowest BCUT2D eigenvalue weighted by Crippen LogP contribution is -2.11. The van der Waals surface area contributed by atoms with Gasteiger partial charge < -0.3 is 14.8 Å².